The lowest BCUT2D eigenvalue weighted by Gasteiger charge is -2.48. The summed E-state index contributed by atoms with van der Waals surface area (Å²) in [5, 5.41) is 14.3. The minimum absolute atomic E-state index is 0.0368. The van der Waals surface area contributed by atoms with Gasteiger partial charge in [0, 0.05) is 31.5 Å². The highest BCUT2D eigenvalue weighted by Crippen LogP contribution is 2.61. The van der Waals surface area contributed by atoms with Gasteiger partial charge in [-0.05, 0) is 71.8 Å². The molecule has 5 heteroatoms. The van der Waals surface area contributed by atoms with E-state index in [2.05, 4.69) is 88.4 Å². The third-order valence-corrected chi connectivity index (χ3v) is 14.7. The number of fused-ring (bicyclic) bond motifs is 2. The van der Waals surface area contributed by atoms with Gasteiger partial charge in [-0.2, -0.15) is 0 Å². The van der Waals surface area contributed by atoms with Crippen LogP contribution in [0.4, 0.5) is 0 Å². The van der Waals surface area contributed by atoms with Gasteiger partial charge in [0.2, 0.25) is 0 Å². The smallest absolute Gasteiger partial charge is 0.261 e. The number of ether oxygens (including phenoxy) is 2. The van der Waals surface area contributed by atoms with Crippen LogP contribution < -0.4 is 10.4 Å². The summed E-state index contributed by atoms with van der Waals surface area (Å²) in [6.07, 6.45) is 6.23. The maximum absolute atomic E-state index is 11.7. The number of rotatable bonds is 9. The molecule has 1 N–H and O–H groups in total. The van der Waals surface area contributed by atoms with Crippen molar-refractivity contribution in [1.82, 2.24) is 0 Å². The predicted octanol–water partition coefficient (Wildman–Crippen LogP) is 6.57. The first-order valence-electron chi connectivity index (χ1n) is 15.2. The summed E-state index contributed by atoms with van der Waals surface area (Å²) in [7, 11) is -2.57. The molecule has 1 aliphatic heterocycles. The summed E-state index contributed by atoms with van der Waals surface area (Å²) in [5.41, 5.74) is 1.20. The van der Waals surface area contributed by atoms with E-state index in [1.54, 1.807) is 0 Å². The first-order chi connectivity index (χ1) is 18.7. The fourth-order valence-corrected chi connectivity index (χ4v) is 12.7. The zero-order valence-corrected chi connectivity index (χ0v) is 25.6. The van der Waals surface area contributed by atoms with E-state index in [4.69, 9.17) is 13.9 Å². The van der Waals surface area contributed by atoms with Gasteiger partial charge in [-0.15, -0.1) is 0 Å². The van der Waals surface area contributed by atoms with Crippen molar-refractivity contribution in [3.05, 3.63) is 72.0 Å². The molecule has 212 valence electrons. The molecular weight excluding hydrogens is 500 g/mol. The van der Waals surface area contributed by atoms with Crippen LogP contribution in [0.3, 0.4) is 0 Å². The van der Waals surface area contributed by atoms with Crippen LogP contribution in [-0.2, 0) is 13.9 Å². The summed E-state index contributed by atoms with van der Waals surface area (Å²) in [4.78, 5) is 0. The third-order valence-electron chi connectivity index (χ3n) is 9.69. The molecule has 1 saturated carbocycles. The molecule has 5 atom stereocenters. The van der Waals surface area contributed by atoms with Crippen molar-refractivity contribution in [2.45, 2.75) is 97.0 Å². The number of aliphatic hydroxyl groups excluding tert-OH is 1. The van der Waals surface area contributed by atoms with E-state index in [1.807, 2.05) is 6.92 Å². The molecule has 2 aromatic carbocycles. The SMILES string of the molecule is CCOC1CCC2=C(C[C@@H]3C[C@@H](C)C[C@H](O)[C@]23CCCO[Si](c2ccccc2)(c2ccccc2)C(C)(C)C)O1. The van der Waals surface area contributed by atoms with Crippen LogP contribution in [-0.4, -0.2) is 39.0 Å². The normalized spacial score (nSPS) is 29.1. The molecule has 0 aromatic heterocycles. The first-order valence-corrected chi connectivity index (χ1v) is 17.1. The molecule has 0 amide bonds. The second-order valence-corrected chi connectivity index (χ2v) is 17.4. The summed E-state index contributed by atoms with van der Waals surface area (Å²) >= 11 is 0. The van der Waals surface area contributed by atoms with E-state index in [9.17, 15) is 5.11 Å². The van der Waals surface area contributed by atoms with Crippen LogP contribution in [0.1, 0.15) is 79.6 Å². The van der Waals surface area contributed by atoms with Gasteiger partial charge in [0.25, 0.3) is 8.32 Å². The molecule has 4 nitrogen and oxygen atoms in total. The Balaban J connectivity index is 1.41. The standard InChI is InChI=1S/C34H48O4Si/c1-6-36-32-19-18-29-30(38-32)24-26-22-25(2)23-31(35)34(26,29)20-13-21-37-39(33(3,4)5,27-14-9-7-10-15-27)28-16-11-8-12-17-28/h7-12,14-17,25-26,31-32,35H,6,13,18-24H2,1-5H3/t25-,26+,31+,32?,34+/m1/s1. The highest BCUT2D eigenvalue weighted by Gasteiger charge is 2.57. The van der Waals surface area contributed by atoms with Crippen molar-refractivity contribution in [3.8, 4) is 0 Å². The lowest BCUT2D eigenvalue weighted by atomic mass is 9.58. The Morgan fingerprint density at radius 3 is 2.23 bits per heavy atom. The largest absolute Gasteiger partial charge is 0.469 e. The molecule has 2 aliphatic carbocycles. The van der Waals surface area contributed by atoms with Crippen molar-refractivity contribution in [1.29, 1.82) is 0 Å². The molecule has 1 unspecified atom stereocenters. The average Bonchev–Trinajstić information content (AvgIpc) is 3.23. The third kappa shape index (κ3) is 5.16. The van der Waals surface area contributed by atoms with E-state index in [-0.39, 0.29) is 22.8 Å². The molecule has 1 fully saturated rings. The number of benzene rings is 2. The van der Waals surface area contributed by atoms with E-state index in [1.165, 1.54) is 15.9 Å². The molecular formula is C34H48O4Si. The molecule has 0 bridgehead atoms. The summed E-state index contributed by atoms with van der Waals surface area (Å²) in [6, 6.07) is 21.8. The van der Waals surface area contributed by atoms with Crippen molar-refractivity contribution in [3.63, 3.8) is 0 Å². The maximum Gasteiger partial charge on any atom is 0.261 e. The van der Waals surface area contributed by atoms with Crippen LogP contribution >= 0.6 is 0 Å². The Bertz CT molecular complexity index is 1090. The quantitative estimate of drug-likeness (QED) is 0.285. The fourth-order valence-electron chi connectivity index (χ4n) is 8.12. The van der Waals surface area contributed by atoms with Crippen molar-refractivity contribution >= 4 is 18.7 Å². The Hall–Kier alpha value is -1.92. The average molecular weight is 549 g/mol. The van der Waals surface area contributed by atoms with E-state index in [0.29, 0.717) is 25.0 Å². The lowest BCUT2D eigenvalue weighted by Crippen LogP contribution is -2.66. The zero-order chi connectivity index (χ0) is 27.7. The van der Waals surface area contributed by atoms with Crippen LogP contribution in [0.15, 0.2) is 72.0 Å². The first kappa shape index (κ1) is 28.6. The van der Waals surface area contributed by atoms with Crippen LogP contribution in [0.25, 0.3) is 0 Å². The Kier molecular flexibility index (Phi) is 8.45. The van der Waals surface area contributed by atoms with Crippen LogP contribution in [0, 0.1) is 17.3 Å². The summed E-state index contributed by atoms with van der Waals surface area (Å²) in [6.45, 7) is 12.7. The van der Waals surface area contributed by atoms with E-state index in [0.717, 1.165) is 50.7 Å². The summed E-state index contributed by atoms with van der Waals surface area (Å²) < 4.78 is 19.5. The van der Waals surface area contributed by atoms with Crippen molar-refractivity contribution < 1.29 is 19.0 Å². The minimum atomic E-state index is -2.57. The molecule has 0 saturated heterocycles. The topological polar surface area (TPSA) is 47.9 Å². The van der Waals surface area contributed by atoms with Gasteiger partial charge >= 0.3 is 0 Å². The van der Waals surface area contributed by atoms with E-state index < -0.39 is 8.32 Å². The molecule has 0 spiro atoms. The highest BCUT2D eigenvalue weighted by atomic mass is 28.4. The Labute approximate surface area is 236 Å². The van der Waals surface area contributed by atoms with Crippen molar-refractivity contribution in [2.24, 2.45) is 17.3 Å². The van der Waals surface area contributed by atoms with Gasteiger partial charge < -0.3 is 19.0 Å². The van der Waals surface area contributed by atoms with Crippen molar-refractivity contribution in [2.75, 3.05) is 13.2 Å². The monoisotopic (exact) mass is 548 g/mol. The summed E-state index contributed by atoms with van der Waals surface area (Å²) in [5.74, 6) is 2.09. The van der Waals surface area contributed by atoms with E-state index >= 15 is 0 Å². The van der Waals surface area contributed by atoms with Gasteiger partial charge in [-0.1, -0.05) is 88.4 Å². The second-order valence-electron chi connectivity index (χ2n) is 13.1. The Morgan fingerprint density at radius 1 is 1.00 bits per heavy atom. The van der Waals surface area contributed by atoms with Gasteiger partial charge in [0.1, 0.15) is 0 Å². The minimum Gasteiger partial charge on any atom is -0.469 e. The highest BCUT2D eigenvalue weighted by molar-refractivity contribution is 6.99. The fraction of sp³-hybridized carbons (Fsp3) is 0.588. The number of allylic oxidation sites excluding steroid dienone is 1. The van der Waals surface area contributed by atoms with Gasteiger partial charge in [-0.25, -0.2) is 0 Å². The molecule has 2 aromatic rings. The number of hydrogen-bond donors (Lipinski definition) is 1. The Morgan fingerprint density at radius 2 is 1.64 bits per heavy atom. The van der Waals surface area contributed by atoms with Gasteiger partial charge in [0.05, 0.1) is 11.9 Å². The lowest BCUT2D eigenvalue weighted by molar-refractivity contribution is -0.125. The molecule has 5 rings (SSSR count). The van der Waals surface area contributed by atoms with Crippen LogP contribution in [0.2, 0.25) is 5.04 Å². The molecule has 0 radical (unpaired) electrons. The van der Waals surface area contributed by atoms with Gasteiger partial charge in [-0.3, -0.25) is 0 Å². The second kappa shape index (κ2) is 11.5. The molecule has 1 heterocycles. The number of aliphatic hydroxyl groups is 1. The molecule has 3 aliphatic rings. The number of hydrogen-bond acceptors (Lipinski definition) is 4. The maximum atomic E-state index is 11.7. The van der Waals surface area contributed by atoms with Crippen LogP contribution in [0.5, 0.6) is 0 Å². The van der Waals surface area contributed by atoms with Gasteiger partial charge in [0.15, 0.2) is 6.29 Å². The molecule has 39 heavy (non-hydrogen) atoms. The zero-order valence-electron chi connectivity index (χ0n) is 24.6. The predicted molar refractivity (Wildman–Crippen MR) is 161 cm³/mol.